The molecule has 0 aliphatic carbocycles. The van der Waals surface area contributed by atoms with Crippen LogP contribution in [0, 0.1) is 0 Å². The van der Waals surface area contributed by atoms with E-state index < -0.39 is 17.9 Å². The highest BCUT2D eigenvalue weighted by atomic mass is 32.1. The topological polar surface area (TPSA) is 112 Å². The van der Waals surface area contributed by atoms with E-state index in [1.54, 1.807) is 0 Å². The Morgan fingerprint density at radius 2 is 0.941 bits per heavy atom. The van der Waals surface area contributed by atoms with Crippen LogP contribution < -0.4 is 0 Å². The maximum Gasteiger partial charge on any atom is 0.313 e. The fourth-order valence-corrected chi connectivity index (χ4v) is 0.574. The minimum Gasteiger partial charge on any atom is -0.481 e. The zero-order valence-electron chi connectivity index (χ0n) is 8.94. The first-order valence-electron chi connectivity index (χ1n) is 4.29. The maximum atomic E-state index is 9.55. The normalized spacial score (nSPS) is 7.94. The van der Waals surface area contributed by atoms with E-state index in [-0.39, 0.29) is 18.6 Å². The third-order valence-electron chi connectivity index (χ3n) is 0.787. The average Bonchev–Trinajstić information content (AvgIpc) is 2.19. The van der Waals surface area contributed by atoms with Gasteiger partial charge in [-0.1, -0.05) is 0 Å². The quantitative estimate of drug-likeness (QED) is 0.419. The Morgan fingerprint density at radius 3 is 0.941 bits per heavy atom. The van der Waals surface area contributed by atoms with Gasteiger partial charge >= 0.3 is 17.9 Å². The third kappa shape index (κ3) is 50.3. The summed E-state index contributed by atoms with van der Waals surface area (Å²) in [6.45, 7) is 0. The molecule has 0 bridgehead atoms. The molecule has 0 unspecified atom stereocenters. The number of carboxylic acid groups (broad SMARTS) is 3. The predicted molar refractivity (Wildman–Crippen MR) is 73.7 cm³/mol. The van der Waals surface area contributed by atoms with Crippen LogP contribution in [0.15, 0.2) is 0 Å². The van der Waals surface area contributed by atoms with Crippen molar-refractivity contribution in [2.24, 2.45) is 0 Å². The third-order valence-corrected chi connectivity index (χ3v) is 1.50. The lowest BCUT2D eigenvalue weighted by atomic mass is 10.5. The van der Waals surface area contributed by atoms with E-state index in [1.807, 2.05) is 0 Å². The largest absolute Gasteiger partial charge is 0.481 e. The van der Waals surface area contributed by atoms with Crippen molar-refractivity contribution in [1.29, 1.82) is 0 Å². The van der Waals surface area contributed by atoms with E-state index in [9.17, 15) is 14.4 Å². The molecule has 9 heteroatoms. The molecule has 3 N–H and O–H groups in total. The number of hydrogen-bond donors (Lipinski definition) is 6. The van der Waals surface area contributed by atoms with E-state index in [2.05, 4.69) is 37.9 Å². The summed E-state index contributed by atoms with van der Waals surface area (Å²) >= 11 is 10.8. The van der Waals surface area contributed by atoms with Crippen molar-refractivity contribution in [3.8, 4) is 0 Å². The predicted octanol–water partition coefficient (Wildman–Crippen LogP) is 0.783. The fraction of sp³-hybridized carbons (Fsp3) is 0.625. The zero-order valence-corrected chi connectivity index (χ0v) is 11.6. The average molecular weight is 304 g/mol. The first kappa shape index (κ1) is 21.7. The van der Waals surface area contributed by atoms with Crippen LogP contribution in [0.1, 0.15) is 12.8 Å². The number of hydrogen-bond acceptors (Lipinski definition) is 6. The molecule has 0 saturated heterocycles. The van der Waals surface area contributed by atoms with E-state index in [1.165, 1.54) is 0 Å². The Morgan fingerprint density at radius 1 is 0.706 bits per heavy atom. The van der Waals surface area contributed by atoms with Crippen LogP contribution in [0.3, 0.4) is 0 Å². The molecule has 0 aromatic rings. The molecule has 0 amide bonds. The Hall–Kier alpha value is -0.540. The number of aliphatic carboxylic acids is 3. The van der Waals surface area contributed by atoms with Gasteiger partial charge in [0.25, 0.3) is 0 Å². The zero-order chi connectivity index (χ0) is 14.3. The SMILES string of the molecule is O=C(O)CCS.O=C(O)CCS.O=C(O)CS. The standard InChI is InChI=1S/2C3H6O2S.C2H4O2S/c2*4-3(5)1-2-6;3-2(4)1-5/h2*6H,1-2H2,(H,4,5);5H,1H2,(H,3,4). The molecular formula is C8H16O6S3. The van der Waals surface area contributed by atoms with Crippen LogP contribution in [-0.2, 0) is 14.4 Å². The van der Waals surface area contributed by atoms with Gasteiger partial charge < -0.3 is 15.3 Å². The van der Waals surface area contributed by atoms with Crippen LogP contribution in [0.5, 0.6) is 0 Å². The second kappa shape index (κ2) is 17.8. The molecule has 17 heavy (non-hydrogen) atoms. The lowest BCUT2D eigenvalue weighted by Crippen LogP contribution is -1.93. The molecule has 102 valence electrons. The van der Waals surface area contributed by atoms with Crippen molar-refractivity contribution in [2.75, 3.05) is 17.3 Å². The summed E-state index contributed by atoms with van der Waals surface area (Å²) in [6.07, 6.45) is 0.312. The van der Waals surface area contributed by atoms with Crippen LogP contribution in [0.25, 0.3) is 0 Å². The van der Waals surface area contributed by atoms with Crippen LogP contribution in [-0.4, -0.2) is 50.5 Å². The van der Waals surface area contributed by atoms with E-state index in [0.29, 0.717) is 11.5 Å². The molecule has 0 aliphatic heterocycles. The Bertz CT molecular complexity index is 205. The highest BCUT2D eigenvalue weighted by Crippen LogP contribution is 1.80. The molecule has 0 fully saturated rings. The van der Waals surface area contributed by atoms with Gasteiger partial charge in [-0.25, -0.2) is 0 Å². The van der Waals surface area contributed by atoms with Crippen LogP contribution in [0.2, 0.25) is 0 Å². The molecule has 0 aromatic heterocycles. The van der Waals surface area contributed by atoms with Gasteiger partial charge in [0.15, 0.2) is 0 Å². The number of carboxylic acids is 3. The summed E-state index contributed by atoms with van der Waals surface area (Å²) in [7, 11) is 0. The molecule has 0 rings (SSSR count). The summed E-state index contributed by atoms with van der Waals surface area (Å²) < 4.78 is 0. The lowest BCUT2D eigenvalue weighted by Gasteiger charge is -1.79. The van der Waals surface area contributed by atoms with Crippen molar-refractivity contribution >= 4 is 55.8 Å². The van der Waals surface area contributed by atoms with Gasteiger partial charge in [-0.3, -0.25) is 14.4 Å². The molecule has 0 spiro atoms. The summed E-state index contributed by atoms with van der Waals surface area (Å²) in [5.41, 5.74) is 0. The van der Waals surface area contributed by atoms with Crippen molar-refractivity contribution in [1.82, 2.24) is 0 Å². The highest BCUT2D eigenvalue weighted by molar-refractivity contribution is 7.81. The van der Waals surface area contributed by atoms with Crippen molar-refractivity contribution in [2.45, 2.75) is 12.8 Å². The maximum absolute atomic E-state index is 9.55. The number of rotatable bonds is 5. The smallest absolute Gasteiger partial charge is 0.313 e. The van der Waals surface area contributed by atoms with Crippen LogP contribution in [0.4, 0.5) is 0 Å². The monoisotopic (exact) mass is 304 g/mol. The van der Waals surface area contributed by atoms with Gasteiger partial charge in [0.2, 0.25) is 0 Å². The lowest BCUT2D eigenvalue weighted by molar-refractivity contribution is -0.137. The number of carbonyl (C=O) groups is 3. The molecule has 0 aromatic carbocycles. The fourth-order valence-electron chi connectivity index (χ4n) is 0.191. The van der Waals surface area contributed by atoms with E-state index in [0.717, 1.165) is 0 Å². The van der Waals surface area contributed by atoms with Gasteiger partial charge in [-0.05, 0) is 0 Å². The number of thiol groups is 3. The first-order chi connectivity index (χ1) is 7.81. The highest BCUT2D eigenvalue weighted by Gasteiger charge is 1.88. The second-order valence-electron chi connectivity index (χ2n) is 2.29. The van der Waals surface area contributed by atoms with Gasteiger partial charge in [0.1, 0.15) is 0 Å². The molecule has 0 radical (unpaired) electrons. The Kier molecular flexibility index (Phi) is 22.8. The summed E-state index contributed by atoms with van der Waals surface area (Å²) in [6, 6.07) is 0. The Balaban J connectivity index is -0.000000174. The molecule has 0 aliphatic rings. The minimum atomic E-state index is -0.881. The summed E-state index contributed by atoms with van der Waals surface area (Å²) in [5, 5.41) is 23.4. The van der Waals surface area contributed by atoms with Crippen LogP contribution >= 0.6 is 37.9 Å². The molecule has 0 saturated carbocycles. The molecule has 0 heterocycles. The first-order valence-corrected chi connectivity index (χ1v) is 6.19. The molecular weight excluding hydrogens is 288 g/mol. The van der Waals surface area contributed by atoms with Gasteiger partial charge in [-0.2, -0.15) is 37.9 Å². The van der Waals surface area contributed by atoms with Gasteiger partial charge in [0, 0.05) is 11.5 Å². The van der Waals surface area contributed by atoms with Crippen molar-refractivity contribution < 1.29 is 29.7 Å². The summed E-state index contributed by atoms with van der Waals surface area (Å²) in [4.78, 5) is 28.4. The molecule has 0 atom stereocenters. The minimum absolute atomic E-state index is 0.0833. The summed E-state index contributed by atoms with van der Waals surface area (Å²) in [5.74, 6) is -1.69. The van der Waals surface area contributed by atoms with E-state index >= 15 is 0 Å². The van der Waals surface area contributed by atoms with E-state index in [4.69, 9.17) is 15.3 Å². The van der Waals surface area contributed by atoms with Gasteiger partial charge in [-0.15, -0.1) is 0 Å². The second-order valence-corrected chi connectivity index (χ2v) is 3.50. The van der Waals surface area contributed by atoms with Gasteiger partial charge in [0.05, 0.1) is 18.6 Å². The Labute approximate surface area is 116 Å². The van der Waals surface area contributed by atoms with Crippen molar-refractivity contribution in [3.05, 3.63) is 0 Å². The molecule has 6 nitrogen and oxygen atoms in total. The van der Waals surface area contributed by atoms with Crippen molar-refractivity contribution in [3.63, 3.8) is 0 Å².